The van der Waals surface area contributed by atoms with Gasteiger partial charge in [-0.3, -0.25) is 0 Å². The molecule has 92 valence electrons. The van der Waals surface area contributed by atoms with Crippen LogP contribution < -0.4 is 5.73 Å². The normalized spacial score (nSPS) is 12.9. The van der Waals surface area contributed by atoms with Crippen molar-refractivity contribution < 1.29 is 4.74 Å². The molecule has 0 amide bonds. The number of hydrogen-bond donors (Lipinski definition) is 1. The third-order valence-corrected chi connectivity index (χ3v) is 3.84. The van der Waals surface area contributed by atoms with Crippen molar-refractivity contribution in [3.8, 4) is 0 Å². The molecule has 3 heteroatoms. The second-order valence-electron chi connectivity index (χ2n) is 4.12. The Bertz CT molecular complexity index is 285. The average Bonchev–Trinajstić information content (AvgIpc) is 2.70. The van der Waals surface area contributed by atoms with Crippen LogP contribution in [0.4, 0.5) is 0 Å². The molecule has 1 unspecified atom stereocenters. The fourth-order valence-electron chi connectivity index (χ4n) is 1.72. The van der Waals surface area contributed by atoms with Gasteiger partial charge in [-0.2, -0.15) is 0 Å². The van der Waals surface area contributed by atoms with Gasteiger partial charge in [-0.25, -0.2) is 0 Å². The molecule has 0 aromatic carbocycles. The molecule has 0 saturated heterocycles. The van der Waals surface area contributed by atoms with E-state index in [4.69, 9.17) is 10.5 Å². The first-order valence-electron chi connectivity index (χ1n) is 6.15. The van der Waals surface area contributed by atoms with E-state index in [9.17, 15) is 0 Å². The van der Waals surface area contributed by atoms with Crippen LogP contribution in [0.25, 0.3) is 0 Å². The second kappa shape index (κ2) is 7.82. The molecule has 2 N–H and O–H groups in total. The molecule has 2 nitrogen and oxygen atoms in total. The minimum absolute atomic E-state index is 0.0987. The van der Waals surface area contributed by atoms with Crippen LogP contribution in [0, 0.1) is 6.92 Å². The summed E-state index contributed by atoms with van der Waals surface area (Å²) >= 11 is 1.75. The molecule has 1 aromatic rings. The maximum atomic E-state index is 5.85. The predicted molar refractivity (Wildman–Crippen MR) is 70.9 cm³/mol. The Balaban J connectivity index is 2.30. The lowest BCUT2D eigenvalue weighted by molar-refractivity contribution is 0.0578. The molecule has 0 spiro atoms. The number of rotatable bonds is 8. The van der Waals surface area contributed by atoms with Crippen molar-refractivity contribution in [2.24, 2.45) is 5.73 Å². The molecule has 16 heavy (non-hydrogen) atoms. The lowest BCUT2D eigenvalue weighted by atomic mass is 10.2. The molecule has 0 bridgehead atoms. The Kier molecular flexibility index (Phi) is 6.69. The van der Waals surface area contributed by atoms with Crippen LogP contribution in [0.15, 0.2) is 11.4 Å². The highest BCUT2D eigenvalue weighted by Crippen LogP contribution is 2.26. The summed E-state index contributed by atoms with van der Waals surface area (Å²) in [6.07, 6.45) is 5.08. The van der Waals surface area contributed by atoms with Gasteiger partial charge in [-0.05, 0) is 30.4 Å². The fourth-order valence-corrected chi connectivity index (χ4v) is 2.71. The van der Waals surface area contributed by atoms with E-state index in [-0.39, 0.29) is 6.10 Å². The first kappa shape index (κ1) is 13.7. The number of nitrogens with two attached hydrogens (primary N) is 1. The van der Waals surface area contributed by atoms with Gasteiger partial charge in [0.15, 0.2) is 0 Å². The number of thiophene rings is 1. The molecule has 1 rings (SSSR count). The van der Waals surface area contributed by atoms with Gasteiger partial charge in [-0.1, -0.05) is 26.2 Å². The quantitative estimate of drug-likeness (QED) is 0.705. The highest BCUT2D eigenvalue weighted by atomic mass is 32.1. The first-order valence-corrected chi connectivity index (χ1v) is 7.03. The van der Waals surface area contributed by atoms with Gasteiger partial charge in [-0.15, -0.1) is 11.3 Å². The Hall–Kier alpha value is -0.380. The Morgan fingerprint density at radius 2 is 2.19 bits per heavy atom. The first-order chi connectivity index (χ1) is 7.79. The van der Waals surface area contributed by atoms with Gasteiger partial charge in [0.2, 0.25) is 0 Å². The summed E-state index contributed by atoms with van der Waals surface area (Å²) < 4.78 is 5.85. The van der Waals surface area contributed by atoms with Crippen molar-refractivity contribution in [1.82, 2.24) is 0 Å². The zero-order chi connectivity index (χ0) is 11.8. The van der Waals surface area contributed by atoms with Crippen molar-refractivity contribution in [3.05, 3.63) is 21.9 Å². The minimum atomic E-state index is 0.0987. The summed E-state index contributed by atoms with van der Waals surface area (Å²) in [6, 6.07) is 2.13. The average molecular weight is 241 g/mol. The maximum Gasteiger partial charge on any atom is 0.104 e. The van der Waals surface area contributed by atoms with Crippen LogP contribution >= 0.6 is 11.3 Å². The summed E-state index contributed by atoms with van der Waals surface area (Å²) in [5.74, 6) is 0. The number of unbranched alkanes of at least 4 members (excludes halogenated alkanes) is 3. The highest BCUT2D eigenvalue weighted by Gasteiger charge is 2.13. The smallest absolute Gasteiger partial charge is 0.104 e. The van der Waals surface area contributed by atoms with Gasteiger partial charge in [0.05, 0.1) is 0 Å². The molecule has 0 radical (unpaired) electrons. The second-order valence-corrected chi connectivity index (χ2v) is 5.07. The molecular formula is C13H23NOS. The zero-order valence-electron chi connectivity index (χ0n) is 10.4. The molecule has 1 aromatic heterocycles. The number of hydrogen-bond acceptors (Lipinski definition) is 3. The molecule has 0 aliphatic carbocycles. The summed E-state index contributed by atoms with van der Waals surface area (Å²) in [5.41, 5.74) is 7.06. The summed E-state index contributed by atoms with van der Waals surface area (Å²) in [7, 11) is 0. The van der Waals surface area contributed by atoms with Crippen LogP contribution in [0.1, 0.15) is 49.2 Å². The molecule has 0 aliphatic rings. The minimum Gasteiger partial charge on any atom is -0.371 e. The Morgan fingerprint density at radius 3 is 2.75 bits per heavy atom. The standard InChI is InChI=1S/C13H23NOS/c1-3-4-5-6-8-15-12(10-14)13-11(2)7-9-16-13/h7,9,12H,3-6,8,10,14H2,1-2H3. The van der Waals surface area contributed by atoms with E-state index in [1.807, 2.05) is 0 Å². The van der Waals surface area contributed by atoms with Crippen LogP contribution in [0.5, 0.6) is 0 Å². The third-order valence-electron chi connectivity index (χ3n) is 2.73. The van der Waals surface area contributed by atoms with Crippen molar-refractivity contribution >= 4 is 11.3 Å². The predicted octanol–water partition coefficient (Wildman–Crippen LogP) is 3.65. The zero-order valence-corrected chi connectivity index (χ0v) is 11.2. The summed E-state index contributed by atoms with van der Waals surface area (Å²) in [6.45, 7) is 5.75. The highest BCUT2D eigenvalue weighted by molar-refractivity contribution is 7.10. The van der Waals surface area contributed by atoms with Gasteiger partial charge in [0.1, 0.15) is 6.10 Å². The maximum absolute atomic E-state index is 5.85. The van der Waals surface area contributed by atoms with E-state index in [1.54, 1.807) is 11.3 Å². The van der Waals surface area contributed by atoms with Crippen molar-refractivity contribution in [3.63, 3.8) is 0 Å². The monoisotopic (exact) mass is 241 g/mol. The molecule has 1 atom stereocenters. The summed E-state index contributed by atoms with van der Waals surface area (Å²) in [4.78, 5) is 1.29. The van der Waals surface area contributed by atoms with Gasteiger partial charge in [0.25, 0.3) is 0 Å². The molecular weight excluding hydrogens is 218 g/mol. The lowest BCUT2D eigenvalue weighted by Crippen LogP contribution is -2.16. The van der Waals surface area contributed by atoms with E-state index in [2.05, 4.69) is 25.3 Å². The van der Waals surface area contributed by atoms with Crippen molar-refractivity contribution in [2.45, 2.75) is 45.6 Å². The Morgan fingerprint density at radius 1 is 1.38 bits per heavy atom. The van der Waals surface area contributed by atoms with Crippen molar-refractivity contribution in [1.29, 1.82) is 0 Å². The van der Waals surface area contributed by atoms with Gasteiger partial charge >= 0.3 is 0 Å². The van der Waals surface area contributed by atoms with E-state index >= 15 is 0 Å². The largest absolute Gasteiger partial charge is 0.371 e. The number of aryl methyl sites for hydroxylation is 1. The van der Waals surface area contributed by atoms with E-state index in [0.29, 0.717) is 6.54 Å². The van der Waals surface area contributed by atoms with Crippen molar-refractivity contribution in [2.75, 3.05) is 13.2 Å². The SMILES string of the molecule is CCCCCCOC(CN)c1sccc1C. The van der Waals surface area contributed by atoms with Crippen LogP contribution in [-0.2, 0) is 4.74 Å². The fraction of sp³-hybridized carbons (Fsp3) is 0.692. The van der Waals surface area contributed by atoms with E-state index < -0.39 is 0 Å². The van der Waals surface area contributed by atoms with E-state index in [1.165, 1.54) is 29.7 Å². The molecule has 0 aliphatic heterocycles. The molecule has 1 heterocycles. The van der Waals surface area contributed by atoms with Crippen LogP contribution in [-0.4, -0.2) is 13.2 Å². The van der Waals surface area contributed by atoms with Crippen LogP contribution in [0.3, 0.4) is 0 Å². The summed E-state index contributed by atoms with van der Waals surface area (Å²) in [5, 5.41) is 2.10. The van der Waals surface area contributed by atoms with Gasteiger partial charge in [0, 0.05) is 18.0 Å². The Labute approximate surface area is 103 Å². The van der Waals surface area contributed by atoms with E-state index in [0.717, 1.165) is 13.0 Å². The molecule has 0 fully saturated rings. The topological polar surface area (TPSA) is 35.2 Å². The van der Waals surface area contributed by atoms with Gasteiger partial charge < -0.3 is 10.5 Å². The number of ether oxygens (including phenoxy) is 1. The lowest BCUT2D eigenvalue weighted by Gasteiger charge is -2.15. The third kappa shape index (κ3) is 4.24. The molecule has 0 saturated carbocycles. The van der Waals surface area contributed by atoms with Crippen LogP contribution in [0.2, 0.25) is 0 Å².